The van der Waals surface area contributed by atoms with Gasteiger partial charge in [0.1, 0.15) is 0 Å². The van der Waals surface area contributed by atoms with Gasteiger partial charge in [-0.25, -0.2) is 0 Å². The molecule has 0 aromatic heterocycles. The van der Waals surface area contributed by atoms with E-state index in [4.69, 9.17) is 4.74 Å². The molecule has 0 unspecified atom stereocenters. The molecule has 0 bridgehead atoms. The number of hydrogen-bond donors (Lipinski definition) is 0. The zero-order valence-electron chi connectivity index (χ0n) is 13.4. The summed E-state index contributed by atoms with van der Waals surface area (Å²) < 4.78 is 70.1. The van der Waals surface area contributed by atoms with Crippen molar-refractivity contribution in [1.82, 2.24) is 0 Å². The molecule has 0 aliphatic carbocycles. The van der Waals surface area contributed by atoms with E-state index in [0.29, 0.717) is 12.3 Å². The third-order valence-electron chi connectivity index (χ3n) is 2.98. The van der Waals surface area contributed by atoms with Crippen molar-refractivity contribution in [2.75, 3.05) is 13.2 Å². The minimum Gasteiger partial charge on any atom is -0.465 e. The summed E-state index contributed by atoms with van der Waals surface area (Å²) in [6, 6.07) is 0. The van der Waals surface area contributed by atoms with Gasteiger partial charge in [-0.15, -0.1) is 0 Å². The second-order valence-electron chi connectivity index (χ2n) is 6.08. The van der Waals surface area contributed by atoms with Crippen LogP contribution in [0.4, 0.5) is 22.0 Å². The molecule has 0 heterocycles. The maximum atomic E-state index is 12.7. The number of halogens is 5. The maximum Gasteiger partial charge on any atom is 0.456 e. The number of esters is 2. The second kappa shape index (κ2) is 7.92. The summed E-state index contributed by atoms with van der Waals surface area (Å²) in [5, 5.41) is 0. The van der Waals surface area contributed by atoms with Crippen molar-refractivity contribution in [3.63, 3.8) is 0 Å². The molecule has 0 aromatic rings. The molecule has 0 aliphatic heterocycles. The third-order valence-corrected chi connectivity index (χ3v) is 2.98. The number of rotatable bonds is 8. The van der Waals surface area contributed by atoms with E-state index in [1.807, 2.05) is 13.8 Å². The Bertz CT molecular complexity index is 416. The summed E-state index contributed by atoms with van der Waals surface area (Å²) in [6.45, 7) is 3.83. The molecule has 0 radical (unpaired) electrons. The Morgan fingerprint density at radius 3 is 1.87 bits per heavy atom. The zero-order valence-corrected chi connectivity index (χ0v) is 13.4. The van der Waals surface area contributed by atoms with Gasteiger partial charge in [0.05, 0.1) is 6.61 Å². The van der Waals surface area contributed by atoms with Gasteiger partial charge in [0.15, 0.2) is 12.0 Å². The first kappa shape index (κ1) is 21.6. The highest BCUT2D eigenvalue weighted by Gasteiger charge is 2.59. The molecule has 136 valence electrons. The van der Waals surface area contributed by atoms with Gasteiger partial charge in [0, 0.05) is 0 Å². The molecule has 0 N–H and O–H groups in total. The molecule has 9 heteroatoms. The predicted octanol–water partition coefficient (Wildman–Crippen LogP) is 3.73. The van der Waals surface area contributed by atoms with E-state index in [-0.39, 0.29) is 6.61 Å². The van der Waals surface area contributed by atoms with E-state index in [1.54, 1.807) is 0 Å². The lowest BCUT2D eigenvalue weighted by atomic mass is 9.94. The Labute approximate surface area is 131 Å². The fourth-order valence-corrected chi connectivity index (χ4v) is 1.34. The first-order valence-corrected chi connectivity index (χ1v) is 7.01. The summed E-state index contributed by atoms with van der Waals surface area (Å²) in [7, 11) is 0. The number of hydrogen-bond acceptors (Lipinski definition) is 4. The number of ether oxygens (including phenoxy) is 2. The number of alkyl halides is 5. The molecule has 0 spiro atoms. The normalized spacial score (nSPS) is 13.1. The largest absolute Gasteiger partial charge is 0.465 e. The minimum atomic E-state index is -5.84. The highest BCUT2D eigenvalue weighted by molar-refractivity contribution is 5.99. The Morgan fingerprint density at radius 1 is 0.957 bits per heavy atom. The summed E-state index contributed by atoms with van der Waals surface area (Å²) >= 11 is 0. The van der Waals surface area contributed by atoms with Crippen molar-refractivity contribution in [2.45, 2.75) is 52.6 Å². The van der Waals surface area contributed by atoms with Crippen molar-refractivity contribution < 1.29 is 41.0 Å². The summed E-state index contributed by atoms with van der Waals surface area (Å²) in [4.78, 5) is 23.3. The van der Waals surface area contributed by atoms with Crippen molar-refractivity contribution in [3.05, 3.63) is 0 Å². The molecule has 0 aliphatic rings. The van der Waals surface area contributed by atoms with Crippen molar-refractivity contribution >= 4 is 11.9 Å². The topological polar surface area (TPSA) is 52.6 Å². The molecule has 0 rings (SSSR count). The van der Waals surface area contributed by atoms with Crippen LogP contribution in [0.25, 0.3) is 0 Å². The highest BCUT2D eigenvalue weighted by Crippen LogP contribution is 2.36. The Morgan fingerprint density at radius 2 is 1.43 bits per heavy atom. The summed E-state index contributed by atoms with van der Waals surface area (Å²) in [5.74, 6) is -7.34. The van der Waals surface area contributed by atoms with Crippen molar-refractivity contribution in [3.8, 4) is 0 Å². The fourth-order valence-electron chi connectivity index (χ4n) is 1.34. The van der Waals surface area contributed by atoms with Crippen LogP contribution in [0, 0.1) is 11.3 Å². The molecular formula is C14H21F5O4. The van der Waals surface area contributed by atoms with Crippen LogP contribution >= 0.6 is 0 Å². The summed E-state index contributed by atoms with van der Waals surface area (Å²) in [6.07, 6.45) is -4.52. The Balaban J connectivity index is 4.51. The van der Waals surface area contributed by atoms with Crippen LogP contribution in [0.15, 0.2) is 0 Å². The maximum absolute atomic E-state index is 12.7. The number of carbonyl (C=O) groups is 2. The molecule has 0 fully saturated rings. The molecule has 0 atom stereocenters. The van der Waals surface area contributed by atoms with Gasteiger partial charge < -0.3 is 9.47 Å². The first-order chi connectivity index (χ1) is 10.2. The second-order valence-corrected chi connectivity index (χ2v) is 6.08. The van der Waals surface area contributed by atoms with E-state index >= 15 is 0 Å². The lowest BCUT2D eigenvalue weighted by molar-refractivity contribution is -0.294. The minimum absolute atomic E-state index is 0.0203. The lowest BCUT2D eigenvalue weighted by Gasteiger charge is -2.24. The van der Waals surface area contributed by atoms with Gasteiger partial charge >= 0.3 is 24.0 Å². The van der Waals surface area contributed by atoms with E-state index in [0.717, 1.165) is 20.3 Å². The Kier molecular flexibility index (Phi) is 7.43. The van der Waals surface area contributed by atoms with Crippen LogP contribution < -0.4 is 0 Å². The predicted molar refractivity (Wildman–Crippen MR) is 70.8 cm³/mol. The van der Waals surface area contributed by atoms with Crippen LogP contribution in [0.1, 0.15) is 40.5 Å². The average molecular weight is 348 g/mol. The van der Waals surface area contributed by atoms with Crippen LogP contribution in [0.5, 0.6) is 0 Å². The zero-order chi connectivity index (χ0) is 18.5. The fraction of sp³-hybridized carbons (Fsp3) is 0.857. The molecule has 0 saturated heterocycles. The first-order valence-electron chi connectivity index (χ1n) is 7.01. The van der Waals surface area contributed by atoms with Gasteiger partial charge in [-0.05, 0) is 32.6 Å². The lowest BCUT2D eigenvalue weighted by Crippen LogP contribution is -2.44. The van der Waals surface area contributed by atoms with Crippen LogP contribution in [0.3, 0.4) is 0 Å². The van der Waals surface area contributed by atoms with E-state index in [2.05, 4.69) is 4.74 Å². The van der Waals surface area contributed by atoms with Gasteiger partial charge in [-0.1, -0.05) is 13.8 Å². The van der Waals surface area contributed by atoms with E-state index in [1.165, 1.54) is 0 Å². The molecule has 0 amide bonds. The van der Waals surface area contributed by atoms with Crippen LogP contribution in [-0.4, -0.2) is 37.3 Å². The van der Waals surface area contributed by atoms with Gasteiger partial charge in [-0.2, -0.15) is 22.0 Å². The van der Waals surface area contributed by atoms with Crippen LogP contribution in [0.2, 0.25) is 0 Å². The number of carbonyl (C=O) groups excluding carboxylic acids is 2. The average Bonchev–Trinajstić information content (AvgIpc) is 2.38. The van der Waals surface area contributed by atoms with E-state index in [9.17, 15) is 31.5 Å². The van der Waals surface area contributed by atoms with E-state index < -0.39 is 36.1 Å². The molecule has 0 saturated carbocycles. The SMILES string of the molecule is CC(C)CCCOC(=O)C(C)(C)C(=O)OCC(F)(F)C(F)(F)F. The quantitative estimate of drug-likeness (QED) is 0.290. The molecule has 4 nitrogen and oxygen atoms in total. The summed E-state index contributed by atoms with van der Waals surface area (Å²) in [5.41, 5.74) is -1.97. The molecule has 23 heavy (non-hydrogen) atoms. The van der Waals surface area contributed by atoms with Gasteiger partial charge in [-0.3, -0.25) is 9.59 Å². The smallest absolute Gasteiger partial charge is 0.456 e. The van der Waals surface area contributed by atoms with Gasteiger partial charge in [0.2, 0.25) is 0 Å². The monoisotopic (exact) mass is 348 g/mol. The highest BCUT2D eigenvalue weighted by atomic mass is 19.4. The van der Waals surface area contributed by atoms with Crippen molar-refractivity contribution in [1.29, 1.82) is 0 Å². The Hall–Kier alpha value is -1.41. The molecular weight excluding hydrogens is 327 g/mol. The third kappa shape index (κ3) is 6.70. The standard InChI is InChI=1S/C14H21F5O4/c1-9(2)6-5-7-22-10(20)12(3,4)11(21)23-8-13(15,16)14(17,18)19/h9H,5-8H2,1-4H3. The molecule has 0 aromatic carbocycles. The van der Waals surface area contributed by atoms with Gasteiger partial charge in [0.25, 0.3) is 0 Å². The van der Waals surface area contributed by atoms with Crippen LogP contribution in [-0.2, 0) is 19.1 Å². The van der Waals surface area contributed by atoms with Crippen molar-refractivity contribution in [2.24, 2.45) is 11.3 Å².